The largest absolute Gasteiger partial charge is 0.497 e. The van der Waals surface area contributed by atoms with E-state index in [4.69, 9.17) is 9.47 Å². The third-order valence-electron chi connectivity index (χ3n) is 3.12. The molecule has 21 heavy (non-hydrogen) atoms. The Morgan fingerprint density at radius 1 is 1.33 bits per heavy atom. The summed E-state index contributed by atoms with van der Waals surface area (Å²) in [5, 5.41) is 3.28. The zero-order valence-electron chi connectivity index (χ0n) is 13.4. The summed E-state index contributed by atoms with van der Waals surface area (Å²) < 4.78 is 11.0. The number of carbonyl (C=O) groups is 1. The van der Waals surface area contributed by atoms with Crippen LogP contribution in [0.2, 0.25) is 0 Å². The highest BCUT2D eigenvalue weighted by atomic mass is 16.5. The first-order valence-corrected chi connectivity index (χ1v) is 7.29. The van der Waals surface area contributed by atoms with Crippen LogP contribution in [0.1, 0.15) is 25.3 Å². The number of nitrogens with one attached hydrogen (secondary N) is 1. The molecule has 0 radical (unpaired) electrons. The second-order valence-electron chi connectivity index (χ2n) is 4.99. The van der Waals surface area contributed by atoms with E-state index in [-0.39, 0.29) is 5.91 Å². The van der Waals surface area contributed by atoms with Crippen LogP contribution in [0.5, 0.6) is 11.5 Å². The van der Waals surface area contributed by atoms with Gasteiger partial charge in [-0.1, -0.05) is 6.92 Å². The summed E-state index contributed by atoms with van der Waals surface area (Å²) >= 11 is 0. The van der Waals surface area contributed by atoms with Gasteiger partial charge in [0.15, 0.2) is 0 Å². The van der Waals surface area contributed by atoms with E-state index >= 15 is 0 Å². The molecule has 1 aromatic carbocycles. The molecule has 0 unspecified atom stereocenters. The van der Waals surface area contributed by atoms with Gasteiger partial charge in [-0.25, -0.2) is 0 Å². The number of hydrogen-bond acceptors (Lipinski definition) is 4. The van der Waals surface area contributed by atoms with Crippen LogP contribution in [0, 0.1) is 0 Å². The fourth-order valence-corrected chi connectivity index (χ4v) is 1.85. The summed E-state index contributed by atoms with van der Waals surface area (Å²) in [6, 6.07) is 5.78. The lowest BCUT2D eigenvalue weighted by molar-refractivity contribution is -0.128. The Morgan fingerprint density at radius 3 is 2.71 bits per heavy atom. The van der Waals surface area contributed by atoms with Crippen LogP contribution in [0.4, 0.5) is 0 Å². The molecule has 5 nitrogen and oxygen atoms in total. The van der Waals surface area contributed by atoms with Crippen LogP contribution < -0.4 is 14.8 Å². The topological polar surface area (TPSA) is 50.8 Å². The molecule has 0 heterocycles. The van der Waals surface area contributed by atoms with Crippen molar-refractivity contribution in [2.45, 2.75) is 26.3 Å². The number of carbonyl (C=O) groups excluding carboxylic acids is 1. The molecular weight excluding hydrogens is 268 g/mol. The Kier molecular flexibility index (Phi) is 7.61. The van der Waals surface area contributed by atoms with E-state index in [1.807, 2.05) is 18.2 Å². The van der Waals surface area contributed by atoms with Crippen molar-refractivity contribution < 1.29 is 14.3 Å². The van der Waals surface area contributed by atoms with Gasteiger partial charge in [-0.2, -0.15) is 0 Å². The fraction of sp³-hybridized carbons (Fsp3) is 0.562. The van der Waals surface area contributed by atoms with Crippen molar-refractivity contribution in [3.63, 3.8) is 0 Å². The lowest BCUT2D eigenvalue weighted by Crippen LogP contribution is -2.21. The maximum atomic E-state index is 11.5. The zero-order valence-corrected chi connectivity index (χ0v) is 13.4. The average Bonchev–Trinajstić information content (AvgIpc) is 2.49. The molecule has 0 spiro atoms. The number of methoxy groups -OCH3 is 1. The van der Waals surface area contributed by atoms with E-state index in [1.165, 1.54) is 0 Å². The molecule has 0 aliphatic heterocycles. The molecule has 0 aliphatic rings. The standard InChI is InChI=1S/C16H26N2O3/c1-5-17-12-13-11-14(20-4)8-9-15(13)21-10-6-7-16(19)18(2)3/h8-9,11,17H,5-7,10,12H2,1-4H3. The Balaban J connectivity index is 2.54. The number of hydrogen-bond donors (Lipinski definition) is 1. The van der Waals surface area contributed by atoms with E-state index in [2.05, 4.69) is 12.2 Å². The maximum absolute atomic E-state index is 11.5. The first-order chi connectivity index (χ1) is 10.1. The number of amides is 1. The highest BCUT2D eigenvalue weighted by Crippen LogP contribution is 2.24. The Morgan fingerprint density at radius 2 is 2.10 bits per heavy atom. The molecular formula is C16H26N2O3. The molecule has 1 rings (SSSR count). The minimum absolute atomic E-state index is 0.126. The molecule has 1 N–H and O–H groups in total. The smallest absolute Gasteiger partial charge is 0.222 e. The van der Waals surface area contributed by atoms with E-state index < -0.39 is 0 Å². The molecule has 1 amide bonds. The quantitative estimate of drug-likeness (QED) is 0.708. The predicted molar refractivity (Wildman–Crippen MR) is 83.8 cm³/mol. The molecule has 1 aromatic rings. The van der Waals surface area contributed by atoms with Crippen molar-refractivity contribution in [2.75, 3.05) is 34.4 Å². The van der Waals surface area contributed by atoms with Gasteiger partial charge in [0.2, 0.25) is 5.91 Å². The molecule has 0 fully saturated rings. The van der Waals surface area contributed by atoms with E-state index in [9.17, 15) is 4.79 Å². The van der Waals surface area contributed by atoms with Gasteiger partial charge in [0.1, 0.15) is 11.5 Å². The van der Waals surface area contributed by atoms with Crippen molar-refractivity contribution in [3.05, 3.63) is 23.8 Å². The summed E-state index contributed by atoms with van der Waals surface area (Å²) in [5.41, 5.74) is 1.06. The number of benzene rings is 1. The Hall–Kier alpha value is -1.75. The summed E-state index contributed by atoms with van der Waals surface area (Å²) in [6.07, 6.45) is 1.22. The Bertz CT molecular complexity index is 447. The van der Waals surface area contributed by atoms with Crippen LogP contribution in [0.25, 0.3) is 0 Å². The summed E-state index contributed by atoms with van der Waals surface area (Å²) in [4.78, 5) is 13.1. The highest BCUT2D eigenvalue weighted by molar-refractivity contribution is 5.75. The second-order valence-corrected chi connectivity index (χ2v) is 4.99. The average molecular weight is 294 g/mol. The van der Waals surface area contributed by atoms with Crippen LogP contribution in [-0.4, -0.2) is 45.2 Å². The second kappa shape index (κ2) is 9.23. The van der Waals surface area contributed by atoms with Gasteiger partial charge in [-0.05, 0) is 31.2 Å². The minimum atomic E-state index is 0.126. The number of rotatable bonds is 9. The maximum Gasteiger partial charge on any atom is 0.222 e. The van der Waals surface area contributed by atoms with Crippen molar-refractivity contribution in [1.82, 2.24) is 10.2 Å². The predicted octanol–water partition coefficient (Wildman–Crippen LogP) is 2.05. The monoisotopic (exact) mass is 294 g/mol. The lowest BCUT2D eigenvalue weighted by atomic mass is 10.2. The van der Waals surface area contributed by atoms with Gasteiger partial charge < -0.3 is 19.7 Å². The SMILES string of the molecule is CCNCc1cc(OC)ccc1OCCCC(=O)N(C)C. The summed E-state index contributed by atoms with van der Waals surface area (Å²) in [5.74, 6) is 1.79. The van der Waals surface area contributed by atoms with Gasteiger partial charge in [-0.3, -0.25) is 4.79 Å². The fourth-order valence-electron chi connectivity index (χ4n) is 1.85. The third-order valence-corrected chi connectivity index (χ3v) is 3.12. The molecule has 0 aromatic heterocycles. The van der Waals surface area contributed by atoms with Crippen molar-refractivity contribution >= 4 is 5.91 Å². The van der Waals surface area contributed by atoms with Crippen molar-refractivity contribution in [1.29, 1.82) is 0 Å². The molecule has 0 atom stereocenters. The van der Waals surface area contributed by atoms with Crippen LogP contribution >= 0.6 is 0 Å². The minimum Gasteiger partial charge on any atom is -0.497 e. The first kappa shape index (κ1) is 17.3. The summed E-state index contributed by atoms with van der Waals surface area (Å²) in [7, 11) is 5.18. The molecule has 0 saturated carbocycles. The van der Waals surface area contributed by atoms with Crippen LogP contribution in [-0.2, 0) is 11.3 Å². The summed E-state index contributed by atoms with van der Waals surface area (Å²) in [6.45, 7) is 4.23. The van der Waals surface area contributed by atoms with E-state index in [0.717, 1.165) is 30.2 Å². The molecule has 118 valence electrons. The Labute approximate surface area is 127 Å². The molecule has 5 heteroatoms. The normalized spacial score (nSPS) is 10.3. The van der Waals surface area contributed by atoms with Gasteiger partial charge in [0.25, 0.3) is 0 Å². The molecule has 0 bridgehead atoms. The highest BCUT2D eigenvalue weighted by Gasteiger charge is 2.07. The van der Waals surface area contributed by atoms with Crippen molar-refractivity contribution in [3.8, 4) is 11.5 Å². The van der Waals surface area contributed by atoms with Gasteiger partial charge >= 0.3 is 0 Å². The van der Waals surface area contributed by atoms with E-state index in [1.54, 1.807) is 26.1 Å². The number of nitrogens with zero attached hydrogens (tertiary/aromatic N) is 1. The lowest BCUT2D eigenvalue weighted by Gasteiger charge is -2.14. The van der Waals surface area contributed by atoms with Gasteiger partial charge in [-0.15, -0.1) is 0 Å². The van der Waals surface area contributed by atoms with Crippen LogP contribution in [0.15, 0.2) is 18.2 Å². The van der Waals surface area contributed by atoms with Gasteiger partial charge in [0.05, 0.1) is 13.7 Å². The molecule has 0 saturated heterocycles. The van der Waals surface area contributed by atoms with Gasteiger partial charge in [0, 0.05) is 32.6 Å². The molecule has 0 aliphatic carbocycles. The first-order valence-electron chi connectivity index (χ1n) is 7.29. The zero-order chi connectivity index (χ0) is 15.7. The van der Waals surface area contributed by atoms with E-state index in [0.29, 0.717) is 19.4 Å². The van der Waals surface area contributed by atoms with Crippen molar-refractivity contribution in [2.24, 2.45) is 0 Å². The number of ether oxygens (including phenoxy) is 2. The van der Waals surface area contributed by atoms with Crippen LogP contribution in [0.3, 0.4) is 0 Å². The third kappa shape index (κ3) is 6.04.